The molecule has 0 radical (unpaired) electrons. The van der Waals surface area contributed by atoms with Gasteiger partial charge >= 0.3 is 6.18 Å². The van der Waals surface area contributed by atoms with Crippen LogP contribution in [0.5, 0.6) is 0 Å². The molecule has 0 aliphatic rings. The molecular weight excluding hydrogens is 155 g/mol. The maximum Gasteiger partial charge on any atom is 0.390 e. The summed E-state index contributed by atoms with van der Waals surface area (Å²) < 4.78 is 34.6. The van der Waals surface area contributed by atoms with Crippen molar-refractivity contribution in [2.24, 2.45) is 0 Å². The predicted molar refractivity (Wildman–Crippen MR) is 38.4 cm³/mol. The monoisotopic (exact) mass is 167 g/mol. The highest BCUT2D eigenvalue weighted by Crippen LogP contribution is 2.17. The van der Waals surface area contributed by atoms with Gasteiger partial charge in [-0.3, -0.25) is 0 Å². The highest BCUT2D eigenvalue weighted by molar-refractivity contribution is 4.90. The van der Waals surface area contributed by atoms with Crippen LogP contribution in [0.4, 0.5) is 13.2 Å². The van der Waals surface area contributed by atoms with Crippen LogP contribution < -0.4 is 5.32 Å². The standard InChI is InChI=1S/C7H12F3N/c1-6(2)5-11-4-3-7(8,9)10/h11H,1,3-5H2,2H3. The minimum atomic E-state index is -4.05. The Morgan fingerprint density at radius 2 is 2.00 bits per heavy atom. The molecule has 11 heavy (non-hydrogen) atoms. The summed E-state index contributed by atoms with van der Waals surface area (Å²) in [6, 6.07) is 0. The van der Waals surface area contributed by atoms with Crippen LogP contribution in [0.1, 0.15) is 13.3 Å². The molecule has 0 saturated heterocycles. The first-order chi connectivity index (χ1) is 4.92. The number of halogens is 3. The largest absolute Gasteiger partial charge is 0.390 e. The molecule has 66 valence electrons. The van der Waals surface area contributed by atoms with Gasteiger partial charge in [-0.1, -0.05) is 12.2 Å². The van der Waals surface area contributed by atoms with Crippen molar-refractivity contribution >= 4 is 0 Å². The van der Waals surface area contributed by atoms with E-state index in [9.17, 15) is 13.2 Å². The van der Waals surface area contributed by atoms with E-state index in [0.29, 0.717) is 6.54 Å². The number of nitrogens with one attached hydrogen (secondary N) is 1. The molecule has 1 nitrogen and oxygen atoms in total. The lowest BCUT2D eigenvalue weighted by molar-refractivity contribution is -0.133. The van der Waals surface area contributed by atoms with Gasteiger partial charge in [-0.2, -0.15) is 13.2 Å². The Balaban J connectivity index is 3.22. The molecule has 0 aromatic rings. The predicted octanol–water partition coefficient (Wildman–Crippen LogP) is 2.10. The molecule has 0 spiro atoms. The summed E-state index contributed by atoms with van der Waals surface area (Å²) in [7, 11) is 0. The summed E-state index contributed by atoms with van der Waals surface area (Å²) in [5, 5.41) is 2.62. The van der Waals surface area contributed by atoms with E-state index in [1.165, 1.54) is 0 Å². The Morgan fingerprint density at radius 1 is 1.45 bits per heavy atom. The Kier molecular flexibility index (Phi) is 4.18. The van der Waals surface area contributed by atoms with Gasteiger partial charge in [0.1, 0.15) is 0 Å². The fourth-order valence-electron chi connectivity index (χ4n) is 0.532. The lowest BCUT2D eigenvalue weighted by atomic mass is 10.3. The van der Waals surface area contributed by atoms with Gasteiger partial charge in [0.05, 0.1) is 6.42 Å². The summed E-state index contributed by atoms with van der Waals surface area (Å²) in [5.74, 6) is 0. The van der Waals surface area contributed by atoms with Crippen LogP contribution in [0.2, 0.25) is 0 Å². The van der Waals surface area contributed by atoms with E-state index in [4.69, 9.17) is 0 Å². The molecule has 0 heterocycles. The summed E-state index contributed by atoms with van der Waals surface area (Å²) in [6.45, 7) is 5.73. The number of alkyl halides is 3. The first-order valence-corrected chi connectivity index (χ1v) is 3.33. The zero-order valence-electron chi connectivity index (χ0n) is 6.46. The zero-order chi connectivity index (χ0) is 8.91. The molecule has 0 aromatic heterocycles. The van der Waals surface area contributed by atoms with Gasteiger partial charge in [-0.05, 0) is 6.92 Å². The number of hydrogen-bond acceptors (Lipinski definition) is 1. The normalized spacial score (nSPS) is 11.6. The smallest absolute Gasteiger partial charge is 0.313 e. The lowest BCUT2D eigenvalue weighted by Gasteiger charge is -2.06. The van der Waals surface area contributed by atoms with Crippen molar-refractivity contribution in [2.75, 3.05) is 13.1 Å². The molecule has 0 aromatic carbocycles. The van der Waals surface area contributed by atoms with Crippen molar-refractivity contribution in [3.63, 3.8) is 0 Å². The summed E-state index contributed by atoms with van der Waals surface area (Å²) in [4.78, 5) is 0. The highest BCUT2D eigenvalue weighted by Gasteiger charge is 2.25. The van der Waals surface area contributed by atoms with Crippen LogP contribution in [0.3, 0.4) is 0 Å². The second kappa shape index (κ2) is 4.38. The average molecular weight is 167 g/mol. The fourth-order valence-corrected chi connectivity index (χ4v) is 0.532. The molecule has 0 rings (SSSR count). The molecule has 0 unspecified atom stereocenters. The van der Waals surface area contributed by atoms with E-state index in [-0.39, 0.29) is 6.54 Å². The van der Waals surface area contributed by atoms with Crippen LogP contribution in [0.25, 0.3) is 0 Å². The van der Waals surface area contributed by atoms with Gasteiger partial charge in [0.2, 0.25) is 0 Å². The second-order valence-corrected chi connectivity index (χ2v) is 2.50. The van der Waals surface area contributed by atoms with Gasteiger partial charge in [-0.25, -0.2) is 0 Å². The molecule has 0 bridgehead atoms. The van der Waals surface area contributed by atoms with Crippen molar-refractivity contribution in [2.45, 2.75) is 19.5 Å². The zero-order valence-corrected chi connectivity index (χ0v) is 6.46. The highest BCUT2D eigenvalue weighted by atomic mass is 19.4. The third kappa shape index (κ3) is 9.49. The summed E-state index contributed by atoms with van der Waals surface area (Å²) in [6.07, 6.45) is -4.83. The van der Waals surface area contributed by atoms with E-state index >= 15 is 0 Å². The molecule has 4 heteroatoms. The van der Waals surface area contributed by atoms with Gasteiger partial charge < -0.3 is 5.32 Å². The average Bonchev–Trinajstić information content (AvgIpc) is 1.78. The first kappa shape index (κ1) is 10.5. The SMILES string of the molecule is C=C(C)CNCCC(F)(F)F. The van der Waals surface area contributed by atoms with E-state index in [2.05, 4.69) is 11.9 Å². The van der Waals surface area contributed by atoms with Crippen molar-refractivity contribution in [3.05, 3.63) is 12.2 Å². The summed E-state index contributed by atoms with van der Waals surface area (Å²) in [5.41, 5.74) is 0.840. The van der Waals surface area contributed by atoms with Crippen molar-refractivity contribution in [1.29, 1.82) is 0 Å². The Labute approximate surface area is 64.3 Å². The van der Waals surface area contributed by atoms with Gasteiger partial charge in [0, 0.05) is 13.1 Å². The van der Waals surface area contributed by atoms with Crippen LogP contribution in [0.15, 0.2) is 12.2 Å². The summed E-state index contributed by atoms with van der Waals surface area (Å²) >= 11 is 0. The van der Waals surface area contributed by atoms with E-state index in [1.54, 1.807) is 6.92 Å². The van der Waals surface area contributed by atoms with E-state index in [0.717, 1.165) is 5.57 Å². The third-order valence-electron chi connectivity index (χ3n) is 1.01. The second-order valence-electron chi connectivity index (χ2n) is 2.50. The quantitative estimate of drug-likeness (QED) is 0.499. The van der Waals surface area contributed by atoms with Gasteiger partial charge in [0.15, 0.2) is 0 Å². The van der Waals surface area contributed by atoms with Crippen molar-refractivity contribution in [3.8, 4) is 0 Å². The molecular formula is C7H12F3N. The topological polar surface area (TPSA) is 12.0 Å². The van der Waals surface area contributed by atoms with Crippen molar-refractivity contribution in [1.82, 2.24) is 5.32 Å². The lowest BCUT2D eigenvalue weighted by Crippen LogP contribution is -2.22. The number of hydrogen-bond donors (Lipinski definition) is 1. The molecule has 1 N–H and O–H groups in total. The maximum absolute atomic E-state index is 11.5. The molecule has 0 saturated carbocycles. The van der Waals surface area contributed by atoms with Crippen LogP contribution in [0, 0.1) is 0 Å². The minimum absolute atomic E-state index is 0.0314. The van der Waals surface area contributed by atoms with Crippen LogP contribution in [-0.4, -0.2) is 19.3 Å². The van der Waals surface area contributed by atoms with E-state index < -0.39 is 12.6 Å². The van der Waals surface area contributed by atoms with E-state index in [1.807, 2.05) is 0 Å². The maximum atomic E-state index is 11.5. The minimum Gasteiger partial charge on any atom is -0.313 e. The first-order valence-electron chi connectivity index (χ1n) is 3.33. The Hall–Kier alpha value is -0.510. The number of rotatable bonds is 4. The fraction of sp³-hybridized carbons (Fsp3) is 0.714. The van der Waals surface area contributed by atoms with Crippen LogP contribution >= 0.6 is 0 Å². The van der Waals surface area contributed by atoms with Crippen LogP contribution in [-0.2, 0) is 0 Å². The molecule has 0 amide bonds. The molecule has 0 aliphatic carbocycles. The van der Waals surface area contributed by atoms with Gasteiger partial charge in [0.25, 0.3) is 0 Å². The van der Waals surface area contributed by atoms with Crippen molar-refractivity contribution < 1.29 is 13.2 Å². The molecule has 0 atom stereocenters. The Morgan fingerprint density at radius 3 is 2.36 bits per heavy atom. The molecule has 0 fully saturated rings. The third-order valence-corrected chi connectivity index (χ3v) is 1.01. The van der Waals surface area contributed by atoms with Gasteiger partial charge in [-0.15, -0.1) is 0 Å². The molecule has 0 aliphatic heterocycles. The Bertz CT molecular complexity index is 128.